The molecule has 2 aromatic heterocycles. The lowest BCUT2D eigenvalue weighted by atomic mass is 10.2. The van der Waals surface area contributed by atoms with Crippen molar-refractivity contribution >= 4 is 39.2 Å². The highest BCUT2D eigenvalue weighted by molar-refractivity contribution is 6.30. The van der Waals surface area contributed by atoms with Gasteiger partial charge in [0.05, 0.1) is 10.9 Å². The number of hydrogen-bond donors (Lipinski definition) is 1. The topological polar surface area (TPSA) is 32.8 Å². The Morgan fingerprint density at radius 3 is 2.46 bits per heavy atom. The molecule has 0 radical (unpaired) electrons. The van der Waals surface area contributed by atoms with Crippen LogP contribution in [0.15, 0.2) is 72.8 Å². The van der Waals surface area contributed by atoms with E-state index in [9.17, 15) is 0 Å². The van der Waals surface area contributed by atoms with E-state index < -0.39 is 0 Å². The van der Waals surface area contributed by atoms with Gasteiger partial charge in [0.15, 0.2) is 5.52 Å². The summed E-state index contributed by atoms with van der Waals surface area (Å²) in [6.07, 6.45) is 0. The van der Waals surface area contributed by atoms with E-state index >= 15 is 0 Å². The van der Waals surface area contributed by atoms with Crippen LogP contribution < -0.4 is 4.40 Å². The van der Waals surface area contributed by atoms with Crippen LogP contribution in [0.2, 0.25) is 5.02 Å². The summed E-state index contributed by atoms with van der Waals surface area (Å²) < 4.78 is 2.18. The lowest BCUT2D eigenvalue weighted by Crippen LogP contribution is -2.25. The molecule has 4 heteroatoms. The van der Waals surface area contributed by atoms with Crippen molar-refractivity contribution in [2.45, 2.75) is 0 Å². The van der Waals surface area contributed by atoms with Gasteiger partial charge in [-0.2, -0.15) is 4.40 Å². The number of imidazole rings is 1. The molecular formula is C20H13ClN3+. The van der Waals surface area contributed by atoms with E-state index in [1.165, 1.54) is 0 Å². The molecule has 0 saturated carbocycles. The molecule has 3 aromatic carbocycles. The number of para-hydroxylation sites is 3. The van der Waals surface area contributed by atoms with E-state index in [1.807, 2.05) is 54.6 Å². The maximum Gasteiger partial charge on any atom is 0.275 e. The normalized spacial score (nSPS) is 11.5. The fourth-order valence-corrected chi connectivity index (χ4v) is 3.34. The summed E-state index contributed by atoms with van der Waals surface area (Å²) in [7, 11) is 0. The molecule has 5 rings (SSSR count). The van der Waals surface area contributed by atoms with Gasteiger partial charge in [-0.05, 0) is 48.5 Å². The first-order valence-electron chi connectivity index (χ1n) is 7.78. The van der Waals surface area contributed by atoms with Gasteiger partial charge in [0.2, 0.25) is 5.65 Å². The second-order valence-corrected chi connectivity index (χ2v) is 6.22. The Kier molecular flexibility index (Phi) is 2.84. The molecule has 0 unspecified atom stereocenters. The number of benzene rings is 3. The number of fused-ring (bicyclic) bond motifs is 5. The van der Waals surface area contributed by atoms with Gasteiger partial charge >= 0.3 is 0 Å². The number of hydrogen-bond acceptors (Lipinski definition) is 1. The molecule has 0 spiro atoms. The van der Waals surface area contributed by atoms with E-state index in [0.29, 0.717) is 0 Å². The van der Waals surface area contributed by atoms with Crippen molar-refractivity contribution in [2.75, 3.05) is 0 Å². The number of nitrogens with zero attached hydrogens (tertiary/aromatic N) is 2. The van der Waals surface area contributed by atoms with Crippen molar-refractivity contribution < 1.29 is 4.40 Å². The average molecular weight is 331 g/mol. The number of nitrogens with one attached hydrogen (secondary N) is 1. The van der Waals surface area contributed by atoms with Crippen molar-refractivity contribution in [2.24, 2.45) is 0 Å². The van der Waals surface area contributed by atoms with Gasteiger partial charge in [0.1, 0.15) is 11.0 Å². The standard InChI is InChI=1S/C20H12ClN3/c21-14-11-9-13(10-12-14)19-22-16-6-2-1-5-15(16)20-23-17-7-3-4-8-18(17)24(19)20/h1-12H/p+1. The van der Waals surface area contributed by atoms with Crippen molar-refractivity contribution in [3.05, 3.63) is 77.8 Å². The smallest absolute Gasteiger partial charge is 0.269 e. The highest BCUT2D eigenvalue weighted by atomic mass is 35.5. The molecule has 0 amide bonds. The molecule has 0 atom stereocenters. The second-order valence-electron chi connectivity index (χ2n) is 5.79. The van der Waals surface area contributed by atoms with Gasteiger partial charge in [-0.25, -0.2) is 0 Å². The van der Waals surface area contributed by atoms with E-state index in [4.69, 9.17) is 16.6 Å². The van der Waals surface area contributed by atoms with Gasteiger partial charge in [0, 0.05) is 5.02 Å². The molecule has 0 aliphatic heterocycles. The number of halogens is 1. The molecule has 2 heterocycles. The molecule has 0 aliphatic carbocycles. The van der Waals surface area contributed by atoms with Crippen molar-refractivity contribution in [1.29, 1.82) is 0 Å². The first-order chi connectivity index (χ1) is 11.8. The SMILES string of the molecule is Clc1ccc(-c2nc3ccccc3c3[nH]c4ccccc4[n+]23)cc1. The zero-order valence-corrected chi connectivity index (χ0v) is 13.5. The van der Waals surface area contributed by atoms with E-state index in [1.54, 1.807) is 0 Å². The average Bonchev–Trinajstić information content (AvgIpc) is 3.02. The molecule has 24 heavy (non-hydrogen) atoms. The fraction of sp³-hybridized carbons (Fsp3) is 0. The molecule has 3 nitrogen and oxygen atoms in total. The predicted molar refractivity (Wildman–Crippen MR) is 97.2 cm³/mol. The summed E-state index contributed by atoms with van der Waals surface area (Å²) >= 11 is 6.05. The minimum absolute atomic E-state index is 0.722. The van der Waals surface area contributed by atoms with Crippen LogP contribution in [0.25, 0.3) is 39.0 Å². The van der Waals surface area contributed by atoms with Crippen LogP contribution in [-0.4, -0.2) is 9.97 Å². The Morgan fingerprint density at radius 2 is 1.58 bits per heavy atom. The minimum Gasteiger partial charge on any atom is -0.269 e. The quantitative estimate of drug-likeness (QED) is 0.441. The van der Waals surface area contributed by atoms with Gasteiger partial charge in [-0.1, -0.05) is 35.9 Å². The van der Waals surface area contributed by atoms with Crippen LogP contribution in [0.3, 0.4) is 0 Å². The summed E-state index contributed by atoms with van der Waals surface area (Å²) in [4.78, 5) is 8.46. The largest absolute Gasteiger partial charge is 0.275 e. The number of aromatic nitrogens is 3. The number of aromatic amines is 1. The minimum atomic E-state index is 0.722. The Balaban J connectivity index is 2.01. The maximum absolute atomic E-state index is 6.05. The number of rotatable bonds is 1. The van der Waals surface area contributed by atoms with Crippen LogP contribution in [0.5, 0.6) is 0 Å². The molecule has 0 bridgehead atoms. The predicted octanol–water partition coefficient (Wildman–Crippen LogP) is 4.78. The Bertz CT molecular complexity index is 1210. The molecular weight excluding hydrogens is 318 g/mol. The van der Waals surface area contributed by atoms with Crippen LogP contribution in [0.4, 0.5) is 0 Å². The maximum atomic E-state index is 6.05. The Morgan fingerprint density at radius 1 is 0.833 bits per heavy atom. The lowest BCUT2D eigenvalue weighted by Gasteiger charge is -2.02. The third-order valence-corrected chi connectivity index (χ3v) is 4.57. The Hall–Kier alpha value is -2.91. The molecule has 5 aromatic rings. The van der Waals surface area contributed by atoms with Crippen molar-refractivity contribution in [3.63, 3.8) is 0 Å². The molecule has 114 valence electrons. The third kappa shape index (κ3) is 1.92. The van der Waals surface area contributed by atoms with Gasteiger partial charge < -0.3 is 0 Å². The Labute approximate surface area is 143 Å². The molecule has 1 N–H and O–H groups in total. The highest BCUT2D eigenvalue weighted by Crippen LogP contribution is 2.24. The van der Waals surface area contributed by atoms with Gasteiger partial charge in [-0.3, -0.25) is 4.98 Å². The second kappa shape index (κ2) is 5.05. The molecule has 0 saturated heterocycles. The monoisotopic (exact) mass is 330 g/mol. The molecule has 0 aliphatic rings. The first kappa shape index (κ1) is 13.5. The van der Waals surface area contributed by atoms with Crippen molar-refractivity contribution in [1.82, 2.24) is 9.97 Å². The van der Waals surface area contributed by atoms with E-state index in [0.717, 1.165) is 44.0 Å². The zero-order chi connectivity index (χ0) is 16.1. The van der Waals surface area contributed by atoms with Crippen LogP contribution in [-0.2, 0) is 0 Å². The van der Waals surface area contributed by atoms with Crippen LogP contribution in [0, 0.1) is 0 Å². The summed E-state index contributed by atoms with van der Waals surface area (Å²) in [5, 5.41) is 1.83. The summed E-state index contributed by atoms with van der Waals surface area (Å²) in [5.74, 6) is 0.901. The van der Waals surface area contributed by atoms with E-state index in [-0.39, 0.29) is 0 Å². The fourth-order valence-electron chi connectivity index (χ4n) is 3.21. The summed E-state index contributed by atoms with van der Waals surface area (Å²) in [5.41, 5.74) is 5.24. The van der Waals surface area contributed by atoms with Gasteiger partial charge in [-0.15, -0.1) is 4.98 Å². The zero-order valence-electron chi connectivity index (χ0n) is 12.7. The summed E-state index contributed by atoms with van der Waals surface area (Å²) in [6.45, 7) is 0. The number of H-pyrrole nitrogens is 1. The van der Waals surface area contributed by atoms with Crippen LogP contribution in [0.1, 0.15) is 0 Å². The van der Waals surface area contributed by atoms with E-state index in [2.05, 4.69) is 27.6 Å². The van der Waals surface area contributed by atoms with Gasteiger partial charge in [0.25, 0.3) is 5.82 Å². The summed E-state index contributed by atoms with van der Waals surface area (Å²) in [6, 6.07) is 24.3. The lowest BCUT2D eigenvalue weighted by molar-refractivity contribution is -0.470. The molecule has 0 fully saturated rings. The van der Waals surface area contributed by atoms with Crippen LogP contribution >= 0.6 is 11.6 Å². The highest BCUT2D eigenvalue weighted by Gasteiger charge is 2.21. The first-order valence-corrected chi connectivity index (χ1v) is 8.16. The third-order valence-electron chi connectivity index (χ3n) is 4.32. The van der Waals surface area contributed by atoms with Crippen molar-refractivity contribution in [3.8, 4) is 11.4 Å².